The van der Waals surface area contributed by atoms with Gasteiger partial charge in [-0.3, -0.25) is 4.79 Å². The number of carbonyl (C=O) groups excluding carboxylic acids is 1. The van der Waals surface area contributed by atoms with Crippen molar-refractivity contribution in [1.29, 1.82) is 0 Å². The Labute approximate surface area is 128 Å². The van der Waals surface area contributed by atoms with Gasteiger partial charge in [0.1, 0.15) is 5.75 Å². The van der Waals surface area contributed by atoms with E-state index in [1.807, 2.05) is 18.2 Å². The van der Waals surface area contributed by atoms with Gasteiger partial charge in [-0.1, -0.05) is 51.0 Å². The molecule has 0 heterocycles. The summed E-state index contributed by atoms with van der Waals surface area (Å²) in [6.45, 7) is 4.76. The standard InChI is InChI=1S/C18H27NO2/c1-3-5-6-11-16(9-4-2)18(21)19-14-13-15-10-7-8-12-17(15)20/h7-10,12,20H,3-6,11,13-14H2,1-2H3,(H,19,21). The van der Waals surface area contributed by atoms with Gasteiger partial charge >= 0.3 is 0 Å². The molecule has 2 N–H and O–H groups in total. The zero-order chi connectivity index (χ0) is 15.5. The van der Waals surface area contributed by atoms with E-state index in [4.69, 9.17) is 0 Å². The van der Waals surface area contributed by atoms with Crippen molar-refractivity contribution in [2.75, 3.05) is 6.54 Å². The number of allylic oxidation sites excluding steroid dienone is 1. The summed E-state index contributed by atoms with van der Waals surface area (Å²) in [4.78, 5) is 12.2. The van der Waals surface area contributed by atoms with Crippen LogP contribution in [0.2, 0.25) is 0 Å². The van der Waals surface area contributed by atoms with Crippen molar-refractivity contribution in [3.63, 3.8) is 0 Å². The predicted octanol–water partition coefficient (Wildman–Crippen LogP) is 3.97. The molecule has 0 saturated heterocycles. The fraction of sp³-hybridized carbons (Fsp3) is 0.500. The molecule has 116 valence electrons. The minimum Gasteiger partial charge on any atom is -0.508 e. The van der Waals surface area contributed by atoms with Crippen molar-refractivity contribution in [2.45, 2.75) is 52.4 Å². The van der Waals surface area contributed by atoms with Crippen molar-refractivity contribution in [3.05, 3.63) is 41.5 Å². The van der Waals surface area contributed by atoms with Gasteiger partial charge in [-0.15, -0.1) is 0 Å². The van der Waals surface area contributed by atoms with Gasteiger partial charge in [-0.05, 0) is 37.3 Å². The number of hydrogen-bond donors (Lipinski definition) is 2. The summed E-state index contributed by atoms with van der Waals surface area (Å²) in [6, 6.07) is 7.24. The molecule has 0 aromatic heterocycles. The van der Waals surface area contributed by atoms with Gasteiger partial charge in [0, 0.05) is 12.1 Å². The molecule has 0 radical (unpaired) electrons. The molecule has 0 atom stereocenters. The second-order valence-corrected chi connectivity index (χ2v) is 5.23. The maximum atomic E-state index is 12.2. The number of benzene rings is 1. The Kier molecular flexibility index (Phi) is 8.25. The normalized spacial score (nSPS) is 11.4. The first-order valence-corrected chi connectivity index (χ1v) is 7.93. The van der Waals surface area contributed by atoms with E-state index in [-0.39, 0.29) is 5.91 Å². The van der Waals surface area contributed by atoms with Crippen LogP contribution in [0.15, 0.2) is 35.9 Å². The summed E-state index contributed by atoms with van der Waals surface area (Å²) in [6.07, 6.45) is 7.78. The number of nitrogens with one attached hydrogen (secondary N) is 1. The predicted molar refractivity (Wildman–Crippen MR) is 87.3 cm³/mol. The van der Waals surface area contributed by atoms with Crippen LogP contribution in [0.3, 0.4) is 0 Å². The number of hydrogen-bond acceptors (Lipinski definition) is 2. The van der Waals surface area contributed by atoms with Crippen LogP contribution in [0.25, 0.3) is 0 Å². The zero-order valence-corrected chi connectivity index (χ0v) is 13.2. The van der Waals surface area contributed by atoms with Crippen molar-refractivity contribution < 1.29 is 9.90 Å². The highest BCUT2D eigenvalue weighted by molar-refractivity contribution is 5.93. The third kappa shape index (κ3) is 6.48. The Balaban J connectivity index is 2.43. The van der Waals surface area contributed by atoms with Crippen LogP contribution in [-0.2, 0) is 11.2 Å². The van der Waals surface area contributed by atoms with Crippen LogP contribution in [0.5, 0.6) is 5.75 Å². The van der Waals surface area contributed by atoms with Crippen molar-refractivity contribution in [2.24, 2.45) is 0 Å². The highest BCUT2D eigenvalue weighted by atomic mass is 16.3. The van der Waals surface area contributed by atoms with Crippen molar-refractivity contribution in [3.8, 4) is 5.75 Å². The topological polar surface area (TPSA) is 49.3 Å². The molecule has 0 unspecified atom stereocenters. The van der Waals surface area contributed by atoms with Gasteiger partial charge in [0.2, 0.25) is 5.91 Å². The smallest absolute Gasteiger partial charge is 0.246 e. The first kappa shape index (κ1) is 17.3. The Bertz CT molecular complexity index is 466. The van der Waals surface area contributed by atoms with Gasteiger partial charge in [0.15, 0.2) is 0 Å². The second-order valence-electron chi connectivity index (χ2n) is 5.23. The summed E-state index contributed by atoms with van der Waals surface area (Å²) < 4.78 is 0. The summed E-state index contributed by atoms with van der Waals surface area (Å²) in [5.74, 6) is 0.322. The van der Waals surface area contributed by atoms with E-state index in [2.05, 4.69) is 19.2 Å². The molecule has 0 fully saturated rings. The number of amides is 1. The largest absolute Gasteiger partial charge is 0.508 e. The molecular formula is C18H27NO2. The number of aromatic hydroxyl groups is 1. The van der Waals surface area contributed by atoms with E-state index in [1.54, 1.807) is 12.1 Å². The average molecular weight is 289 g/mol. The van der Waals surface area contributed by atoms with E-state index in [0.29, 0.717) is 18.7 Å². The summed E-state index contributed by atoms with van der Waals surface area (Å²) >= 11 is 0. The molecule has 1 rings (SSSR count). The van der Waals surface area contributed by atoms with Gasteiger partial charge < -0.3 is 10.4 Å². The van der Waals surface area contributed by atoms with Gasteiger partial charge in [-0.25, -0.2) is 0 Å². The highest BCUT2D eigenvalue weighted by Gasteiger charge is 2.08. The van der Waals surface area contributed by atoms with Gasteiger partial charge in [0.25, 0.3) is 0 Å². The summed E-state index contributed by atoms with van der Waals surface area (Å²) in [5, 5.41) is 12.6. The zero-order valence-electron chi connectivity index (χ0n) is 13.2. The molecule has 0 spiro atoms. The van der Waals surface area contributed by atoms with Gasteiger partial charge in [-0.2, -0.15) is 0 Å². The molecule has 1 aromatic rings. The highest BCUT2D eigenvalue weighted by Crippen LogP contribution is 2.15. The number of rotatable bonds is 9. The van der Waals surface area contributed by atoms with E-state index >= 15 is 0 Å². The lowest BCUT2D eigenvalue weighted by atomic mass is 10.1. The molecule has 21 heavy (non-hydrogen) atoms. The Morgan fingerprint density at radius 3 is 2.67 bits per heavy atom. The lowest BCUT2D eigenvalue weighted by molar-refractivity contribution is -0.117. The number of unbranched alkanes of at least 4 members (excludes halogenated alkanes) is 2. The molecule has 0 saturated carbocycles. The number of phenolic OH excluding ortho intramolecular Hbond substituents is 1. The van der Waals surface area contributed by atoms with Crippen LogP contribution < -0.4 is 5.32 Å². The molecule has 0 aliphatic rings. The Morgan fingerprint density at radius 1 is 1.24 bits per heavy atom. The lowest BCUT2D eigenvalue weighted by Gasteiger charge is -2.09. The van der Waals surface area contributed by atoms with E-state index in [9.17, 15) is 9.90 Å². The average Bonchev–Trinajstić information content (AvgIpc) is 2.48. The van der Waals surface area contributed by atoms with Crippen LogP contribution in [-0.4, -0.2) is 17.6 Å². The Hall–Kier alpha value is -1.77. The number of carbonyl (C=O) groups is 1. The quantitative estimate of drug-likeness (QED) is 0.534. The first-order chi connectivity index (χ1) is 10.2. The fourth-order valence-corrected chi connectivity index (χ4v) is 2.27. The number of para-hydroxylation sites is 1. The lowest BCUT2D eigenvalue weighted by Crippen LogP contribution is -2.27. The molecular weight excluding hydrogens is 262 g/mol. The Morgan fingerprint density at radius 2 is 2.00 bits per heavy atom. The maximum absolute atomic E-state index is 12.2. The fourth-order valence-electron chi connectivity index (χ4n) is 2.27. The van der Waals surface area contributed by atoms with Gasteiger partial charge in [0.05, 0.1) is 0 Å². The van der Waals surface area contributed by atoms with Crippen LogP contribution in [0.4, 0.5) is 0 Å². The monoisotopic (exact) mass is 289 g/mol. The molecule has 0 aliphatic carbocycles. The second kappa shape index (κ2) is 10.0. The minimum atomic E-state index is 0.0309. The van der Waals surface area contributed by atoms with Crippen molar-refractivity contribution in [1.82, 2.24) is 5.32 Å². The SMILES string of the molecule is CCC=C(CCCCC)C(=O)NCCc1ccccc1O. The van der Waals surface area contributed by atoms with Crippen LogP contribution in [0, 0.1) is 0 Å². The minimum absolute atomic E-state index is 0.0309. The van der Waals surface area contributed by atoms with E-state index in [0.717, 1.165) is 43.2 Å². The van der Waals surface area contributed by atoms with E-state index in [1.165, 1.54) is 0 Å². The summed E-state index contributed by atoms with van der Waals surface area (Å²) in [7, 11) is 0. The molecule has 1 aromatic carbocycles. The molecule has 3 nitrogen and oxygen atoms in total. The van der Waals surface area contributed by atoms with Crippen LogP contribution in [0.1, 0.15) is 51.5 Å². The van der Waals surface area contributed by atoms with Crippen molar-refractivity contribution >= 4 is 5.91 Å². The molecule has 3 heteroatoms. The summed E-state index contributed by atoms with van der Waals surface area (Å²) in [5.41, 5.74) is 1.76. The van der Waals surface area contributed by atoms with Crippen LogP contribution >= 0.6 is 0 Å². The third-order valence-corrected chi connectivity index (χ3v) is 3.46. The molecule has 1 amide bonds. The maximum Gasteiger partial charge on any atom is 0.246 e. The number of phenols is 1. The molecule has 0 aliphatic heterocycles. The third-order valence-electron chi connectivity index (χ3n) is 3.46. The molecule has 0 bridgehead atoms. The first-order valence-electron chi connectivity index (χ1n) is 7.93. The van der Waals surface area contributed by atoms with E-state index < -0.39 is 0 Å².